The zero-order chi connectivity index (χ0) is 16.0. The lowest BCUT2D eigenvalue weighted by molar-refractivity contribution is 0.00578. The van der Waals surface area contributed by atoms with Crippen LogP contribution in [-0.2, 0) is 9.31 Å². The van der Waals surface area contributed by atoms with Gasteiger partial charge in [-0.1, -0.05) is 12.1 Å². The molecule has 2 heterocycles. The summed E-state index contributed by atoms with van der Waals surface area (Å²) in [7, 11) is -0.346. The van der Waals surface area contributed by atoms with Gasteiger partial charge in [0, 0.05) is 11.5 Å². The fourth-order valence-corrected chi connectivity index (χ4v) is 2.48. The maximum atomic E-state index is 6.09. The van der Waals surface area contributed by atoms with Crippen molar-refractivity contribution in [3.05, 3.63) is 30.3 Å². The lowest BCUT2D eigenvalue weighted by Crippen LogP contribution is -2.41. The predicted octanol–water partition coefficient (Wildman–Crippen LogP) is 2.93. The van der Waals surface area contributed by atoms with Gasteiger partial charge in [-0.05, 0) is 52.2 Å². The van der Waals surface area contributed by atoms with Crippen molar-refractivity contribution in [2.24, 2.45) is 0 Å². The fourth-order valence-electron chi connectivity index (χ4n) is 2.48. The van der Waals surface area contributed by atoms with Crippen LogP contribution in [0.2, 0.25) is 0 Å². The number of hydrogen-bond acceptors (Lipinski definition) is 4. The molecule has 1 fully saturated rings. The molecule has 0 radical (unpaired) electrons. The van der Waals surface area contributed by atoms with Crippen molar-refractivity contribution >= 4 is 23.5 Å². The SMILES string of the molecule is CCOc1ccc2cc(B3OC(C)(C)C(C)(C)O3)ccc2n1. The Kier molecular flexibility index (Phi) is 3.65. The van der Waals surface area contributed by atoms with Crippen LogP contribution in [0.25, 0.3) is 10.9 Å². The van der Waals surface area contributed by atoms with E-state index in [0.29, 0.717) is 12.5 Å². The van der Waals surface area contributed by atoms with Gasteiger partial charge in [-0.3, -0.25) is 0 Å². The van der Waals surface area contributed by atoms with E-state index in [1.54, 1.807) is 0 Å². The molecule has 2 aromatic rings. The van der Waals surface area contributed by atoms with Crippen molar-refractivity contribution in [3.8, 4) is 5.88 Å². The molecule has 0 N–H and O–H groups in total. The van der Waals surface area contributed by atoms with Gasteiger partial charge in [0.1, 0.15) is 0 Å². The van der Waals surface area contributed by atoms with E-state index >= 15 is 0 Å². The number of hydrogen-bond donors (Lipinski definition) is 0. The molecule has 22 heavy (non-hydrogen) atoms. The van der Waals surface area contributed by atoms with E-state index in [1.165, 1.54) is 0 Å². The molecule has 0 saturated carbocycles. The standard InChI is InChI=1S/C17H22BNO3/c1-6-20-15-10-7-12-11-13(8-9-14(12)19-15)18-21-16(2,3)17(4,5)22-18/h7-11H,6H2,1-5H3. The molecule has 0 unspecified atom stereocenters. The molecule has 1 saturated heterocycles. The van der Waals surface area contributed by atoms with Crippen LogP contribution in [-0.4, -0.2) is 29.9 Å². The highest BCUT2D eigenvalue weighted by molar-refractivity contribution is 6.62. The molecule has 5 heteroatoms. The topological polar surface area (TPSA) is 40.6 Å². The molecule has 1 aliphatic rings. The number of nitrogens with zero attached hydrogens (tertiary/aromatic N) is 1. The summed E-state index contributed by atoms with van der Waals surface area (Å²) < 4.78 is 17.6. The zero-order valence-corrected chi connectivity index (χ0v) is 13.8. The van der Waals surface area contributed by atoms with Gasteiger partial charge in [-0.25, -0.2) is 4.98 Å². The van der Waals surface area contributed by atoms with Crippen LogP contribution in [0.1, 0.15) is 34.6 Å². The number of fused-ring (bicyclic) bond motifs is 1. The lowest BCUT2D eigenvalue weighted by Gasteiger charge is -2.32. The Balaban J connectivity index is 1.92. The van der Waals surface area contributed by atoms with Crippen LogP contribution in [0.15, 0.2) is 30.3 Å². The number of benzene rings is 1. The minimum absolute atomic E-state index is 0.330. The second-order valence-corrected chi connectivity index (χ2v) is 6.62. The van der Waals surface area contributed by atoms with Crippen molar-refractivity contribution in [3.63, 3.8) is 0 Å². The Hall–Kier alpha value is -1.59. The first-order valence-electron chi connectivity index (χ1n) is 7.71. The first kappa shape index (κ1) is 15.3. The Morgan fingerprint density at radius 2 is 1.73 bits per heavy atom. The maximum Gasteiger partial charge on any atom is 0.494 e. The molecular weight excluding hydrogens is 277 g/mol. The average Bonchev–Trinajstić information content (AvgIpc) is 2.67. The van der Waals surface area contributed by atoms with Crippen LogP contribution in [0.4, 0.5) is 0 Å². The van der Waals surface area contributed by atoms with Crippen molar-refractivity contribution in [1.82, 2.24) is 4.98 Å². The van der Waals surface area contributed by atoms with Crippen LogP contribution in [0.5, 0.6) is 5.88 Å². The summed E-state index contributed by atoms with van der Waals surface area (Å²) in [6.45, 7) is 10.8. The summed E-state index contributed by atoms with van der Waals surface area (Å²) in [6.07, 6.45) is 0. The van der Waals surface area contributed by atoms with Crippen LogP contribution >= 0.6 is 0 Å². The van der Waals surface area contributed by atoms with E-state index in [2.05, 4.69) is 38.7 Å². The van der Waals surface area contributed by atoms with E-state index in [9.17, 15) is 0 Å². The normalized spacial score (nSPS) is 19.6. The molecule has 116 valence electrons. The lowest BCUT2D eigenvalue weighted by atomic mass is 9.78. The predicted molar refractivity (Wildman–Crippen MR) is 88.6 cm³/mol. The molecule has 0 spiro atoms. The summed E-state index contributed by atoms with van der Waals surface area (Å²) in [5.41, 5.74) is 1.26. The quantitative estimate of drug-likeness (QED) is 0.817. The summed E-state index contributed by atoms with van der Waals surface area (Å²) in [5.74, 6) is 0.651. The Morgan fingerprint density at radius 1 is 1.05 bits per heavy atom. The summed E-state index contributed by atoms with van der Waals surface area (Å²) in [4.78, 5) is 4.49. The van der Waals surface area contributed by atoms with Gasteiger partial charge in [0.05, 0.1) is 23.3 Å². The minimum Gasteiger partial charge on any atom is -0.478 e. The highest BCUT2D eigenvalue weighted by atomic mass is 16.7. The Bertz CT molecular complexity index is 683. The maximum absolute atomic E-state index is 6.09. The summed E-state index contributed by atoms with van der Waals surface area (Å²) in [6, 6.07) is 9.97. The summed E-state index contributed by atoms with van der Waals surface area (Å²) >= 11 is 0. The molecule has 0 bridgehead atoms. The molecule has 1 aromatic carbocycles. The molecule has 4 nitrogen and oxygen atoms in total. The van der Waals surface area contributed by atoms with Gasteiger partial charge >= 0.3 is 7.12 Å². The number of pyridine rings is 1. The van der Waals surface area contributed by atoms with Crippen LogP contribution in [0.3, 0.4) is 0 Å². The molecule has 0 amide bonds. The van der Waals surface area contributed by atoms with E-state index in [1.807, 2.05) is 31.2 Å². The average molecular weight is 299 g/mol. The molecule has 0 aliphatic carbocycles. The Morgan fingerprint density at radius 3 is 2.36 bits per heavy atom. The second-order valence-electron chi connectivity index (χ2n) is 6.62. The number of ether oxygens (including phenoxy) is 1. The number of rotatable bonds is 3. The van der Waals surface area contributed by atoms with Crippen molar-refractivity contribution in [2.45, 2.75) is 45.8 Å². The first-order valence-corrected chi connectivity index (χ1v) is 7.71. The van der Waals surface area contributed by atoms with Gasteiger partial charge < -0.3 is 14.0 Å². The van der Waals surface area contributed by atoms with Gasteiger partial charge in [-0.15, -0.1) is 0 Å². The van der Waals surface area contributed by atoms with E-state index in [-0.39, 0.29) is 18.3 Å². The first-order chi connectivity index (χ1) is 10.3. The van der Waals surface area contributed by atoms with Crippen molar-refractivity contribution in [1.29, 1.82) is 0 Å². The van der Waals surface area contributed by atoms with Crippen LogP contribution in [0, 0.1) is 0 Å². The minimum atomic E-state index is -0.346. The van der Waals surface area contributed by atoms with Gasteiger partial charge in [0.15, 0.2) is 0 Å². The van der Waals surface area contributed by atoms with Crippen LogP contribution < -0.4 is 10.2 Å². The largest absolute Gasteiger partial charge is 0.494 e. The van der Waals surface area contributed by atoms with Gasteiger partial charge in [-0.2, -0.15) is 0 Å². The van der Waals surface area contributed by atoms with Crippen molar-refractivity contribution < 1.29 is 14.0 Å². The molecule has 1 aromatic heterocycles. The highest BCUT2D eigenvalue weighted by Crippen LogP contribution is 2.36. The van der Waals surface area contributed by atoms with Gasteiger partial charge in [0.25, 0.3) is 0 Å². The monoisotopic (exact) mass is 299 g/mol. The highest BCUT2D eigenvalue weighted by Gasteiger charge is 2.51. The third-order valence-corrected chi connectivity index (χ3v) is 4.51. The number of aromatic nitrogens is 1. The van der Waals surface area contributed by atoms with Gasteiger partial charge in [0.2, 0.25) is 5.88 Å². The van der Waals surface area contributed by atoms with Crippen molar-refractivity contribution in [2.75, 3.05) is 6.61 Å². The second kappa shape index (κ2) is 5.25. The molecular formula is C17H22BNO3. The summed E-state index contributed by atoms with van der Waals surface area (Å²) in [5, 5.41) is 1.05. The van der Waals surface area contributed by atoms with E-state index in [4.69, 9.17) is 14.0 Å². The fraction of sp³-hybridized carbons (Fsp3) is 0.471. The zero-order valence-electron chi connectivity index (χ0n) is 13.8. The third kappa shape index (κ3) is 2.59. The van der Waals surface area contributed by atoms with E-state index < -0.39 is 0 Å². The molecule has 1 aliphatic heterocycles. The Labute approximate surface area is 131 Å². The molecule has 3 rings (SSSR count). The molecule has 0 atom stereocenters. The van der Waals surface area contributed by atoms with E-state index in [0.717, 1.165) is 16.4 Å². The third-order valence-electron chi connectivity index (χ3n) is 4.51. The smallest absolute Gasteiger partial charge is 0.478 e.